The summed E-state index contributed by atoms with van der Waals surface area (Å²) in [5, 5.41) is 6.58. The van der Waals surface area contributed by atoms with Crippen LogP contribution in [-0.2, 0) is 9.53 Å². The summed E-state index contributed by atoms with van der Waals surface area (Å²) in [5.41, 5.74) is 0.0489. The van der Waals surface area contributed by atoms with Gasteiger partial charge in [-0.15, -0.1) is 12.4 Å². The average molecular weight is 360 g/mol. The number of ether oxygens (including phenoxy) is 1. The van der Waals surface area contributed by atoms with Crippen LogP contribution in [-0.4, -0.2) is 60.8 Å². The van der Waals surface area contributed by atoms with E-state index in [1.165, 1.54) is 32.1 Å². The van der Waals surface area contributed by atoms with Crippen molar-refractivity contribution >= 4 is 18.3 Å². The van der Waals surface area contributed by atoms with E-state index < -0.39 is 0 Å². The minimum atomic E-state index is -0.0836. The molecule has 5 nitrogen and oxygen atoms in total. The summed E-state index contributed by atoms with van der Waals surface area (Å²) in [6.45, 7) is 8.87. The largest absolute Gasteiger partial charge is 0.373 e. The van der Waals surface area contributed by atoms with E-state index >= 15 is 0 Å². The predicted molar refractivity (Wildman–Crippen MR) is 98.7 cm³/mol. The van der Waals surface area contributed by atoms with Crippen LogP contribution in [0, 0.1) is 0 Å². The smallest absolute Gasteiger partial charge is 0.237 e. The zero-order valence-electron chi connectivity index (χ0n) is 15.2. The first-order chi connectivity index (χ1) is 11.0. The zero-order valence-corrected chi connectivity index (χ0v) is 16.1. The molecule has 1 aliphatic carbocycles. The molecule has 1 saturated carbocycles. The molecule has 0 radical (unpaired) electrons. The van der Waals surface area contributed by atoms with Gasteiger partial charge < -0.3 is 15.4 Å². The second kappa shape index (κ2) is 8.35. The number of carbonyl (C=O) groups excluding carboxylic acids is 1. The summed E-state index contributed by atoms with van der Waals surface area (Å²) in [6, 6.07) is 0.0248. The van der Waals surface area contributed by atoms with E-state index in [0.29, 0.717) is 0 Å². The van der Waals surface area contributed by atoms with Gasteiger partial charge in [0.25, 0.3) is 0 Å². The lowest BCUT2D eigenvalue weighted by molar-refractivity contribution is -0.130. The first kappa shape index (κ1) is 20.0. The van der Waals surface area contributed by atoms with Gasteiger partial charge in [0.2, 0.25) is 5.91 Å². The molecule has 3 fully saturated rings. The molecule has 0 bridgehead atoms. The Kier molecular flexibility index (Phi) is 6.94. The molecular weight excluding hydrogens is 326 g/mol. The second-order valence-electron chi connectivity index (χ2n) is 8.18. The molecule has 1 unspecified atom stereocenters. The van der Waals surface area contributed by atoms with Crippen molar-refractivity contribution in [3.8, 4) is 0 Å². The van der Waals surface area contributed by atoms with Gasteiger partial charge in [0, 0.05) is 25.2 Å². The van der Waals surface area contributed by atoms with Crippen LogP contribution in [0.3, 0.4) is 0 Å². The minimum absolute atomic E-state index is 0. The minimum Gasteiger partial charge on any atom is -0.373 e. The van der Waals surface area contributed by atoms with Crippen LogP contribution in [0.25, 0.3) is 0 Å². The molecule has 1 atom stereocenters. The third-order valence-corrected chi connectivity index (χ3v) is 5.85. The Morgan fingerprint density at radius 3 is 2.62 bits per heavy atom. The van der Waals surface area contributed by atoms with Gasteiger partial charge in [-0.2, -0.15) is 0 Å². The molecule has 0 aromatic heterocycles. The van der Waals surface area contributed by atoms with Gasteiger partial charge in [0.1, 0.15) is 0 Å². The summed E-state index contributed by atoms with van der Waals surface area (Å²) in [6.07, 6.45) is 8.35. The molecule has 6 heteroatoms. The van der Waals surface area contributed by atoms with Crippen molar-refractivity contribution in [2.45, 2.75) is 76.0 Å². The fourth-order valence-corrected chi connectivity index (χ4v) is 4.52. The monoisotopic (exact) mass is 359 g/mol. The number of nitrogens with one attached hydrogen (secondary N) is 2. The van der Waals surface area contributed by atoms with Gasteiger partial charge in [0.15, 0.2) is 0 Å². The number of halogens is 1. The molecule has 0 aromatic carbocycles. The van der Waals surface area contributed by atoms with E-state index in [2.05, 4.69) is 29.4 Å². The van der Waals surface area contributed by atoms with Gasteiger partial charge >= 0.3 is 0 Å². The summed E-state index contributed by atoms with van der Waals surface area (Å²) in [7, 11) is 0. The van der Waals surface area contributed by atoms with Crippen molar-refractivity contribution in [1.29, 1.82) is 0 Å². The van der Waals surface area contributed by atoms with Crippen LogP contribution in [0.4, 0.5) is 0 Å². The van der Waals surface area contributed by atoms with Crippen molar-refractivity contribution < 1.29 is 9.53 Å². The van der Waals surface area contributed by atoms with Crippen molar-refractivity contribution in [2.75, 3.05) is 32.8 Å². The summed E-state index contributed by atoms with van der Waals surface area (Å²) < 4.78 is 5.90. The Labute approximate surface area is 152 Å². The molecule has 0 aromatic rings. The molecule has 3 rings (SSSR count). The lowest BCUT2D eigenvalue weighted by atomic mass is 9.79. The normalized spacial score (nSPS) is 29.7. The summed E-state index contributed by atoms with van der Waals surface area (Å²) in [5.74, 6) is 0.194. The molecule has 24 heavy (non-hydrogen) atoms. The fraction of sp³-hybridized carbons (Fsp3) is 0.944. The highest BCUT2D eigenvalue weighted by Crippen LogP contribution is 2.36. The Balaban J connectivity index is 0.00000208. The van der Waals surface area contributed by atoms with Crippen LogP contribution < -0.4 is 10.6 Å². The standard InChI is InChI=1S/C18H33N3O2.ClH/c1-17(2)14-21(11-12-23-17)18(8-4-3-5-9-18)13-20-16(22)15-7-6-10-19-15;/h15,19H,3-14H2,1-2H3,(H,20,22);1H. The van der Waals surface area contributed by atoms with Crippen molar-refractivity contribution in [3.63, 3.8) is 0 Å². The lowest BCUT2D eigenvalue weighted by Gasteiger charge is -2.51. The summed E-state index contributed by atoms with van der Waals surface area (Å²) >= 11 is 0. The van der Waals surface area contributed by atoms with Crippen LogP contribution in [0.5, 0.6) is 0 Å². The lowest BCUT2D eigenvalue weighted by Crippen LogP contribution is -2.63. The first-order valence-electron chi connectivity index (χ1n) is 9.41. The number of hydrogen-bond donors (Lipinski definition) is 2. The Morgan fingerprint density at radius 2 is 2.00 bits per heavy atom. The predicted octanol–water partition coefficient (Wildman–Crippen LogP) is 2.09. The number of nitrogens with zero attached hydrogens (tertiary/aromatic N) is 1. The maximum absolute atomic E-state index is 12.4. The molecule has 3 aliphatic rings. The van der Waals surface area contributed by atoms with Crippen LogP contribution >= 0.6 is 12.4 Å². The van der Waals surface area contributed by atoms with Crippen LogP contribution in [0.2, 0.25) is 0 Å². The van der Waals surface area contributed by atoms with Gasteiger partial charge in [-0.05, 0) is 46.1 Å². The van der Waals surface area contributed by atoms with E-state index in [1.807, 2.05) is 0 Å². The number of amides is 1. The number of carbonyl (C=O) groups is 1. The highest BCUT2D eigenvalue weighted by molar-refractivity contribution is 5.85. The van der Waals surface area contributed by atoms with E-state index in [0.717, 1.165) is 45.6 Å². The quantitative estimate of drug-likeness (QED) is 0.807. The molecule has 2 N–H and O–H groups in total. The van der Waals surface area contributed by atoms with E-state index in [-0.39, 0.29) is 35.5 Å². The van der Waals surface area contributed by atoms with Gasteiger partial charge in [-0.25, -0.2) is 0 Å². The third kappa shape index (κ3) is 4.63. The number of morpholine rings is 1. The Bertz CT molecular complexity index is 418. The number of rotatable bonds is 4. The Hall–Kier alpha value is -0.360. The summed E-state index contributed by atoms with van der Waals surface area (Å²) in [4.78, 5) is 15.0. The maximum Gasteiger partial charge on any atom is 0.237 e. The Morgan fingerprint density at radius 1 is 1.25 bits per heavy atom. The van der Waals surface area contributed by atoms with Crippen molar-refractivity contribution in [1.82, 2.24) is 15.5 Å². The van der Waals surface area contributed by atoms with Gasteiger partial charge in [0.05, 0.1) is 18.2 Å². The first-order valence-corrected chi connectivity index (χ1v) is 9.41. The molecular formula is C18H34ClN3O2. The average Bonchev–Trinajstić information content (AvgIpc) is 3.07. The molecule has 2 aliphatic heterocycles. The molecule has 140 valence electrons. The SMILES string of the molecule is CC1(C)CN(C2(CNC(=O)C3CCCN3)CCCCC2)CCO1.Cl. The molecule has 2 saturated heterocycles. The van der Waals surface area contributed by atoms with E-state index in [4.69, 9.17) is 4.74 Å². The van der Waals surface area contributed by atoms with Crippen LogP contribution in [0.15, 0.2) is 0 Å². The number of hydrogen-bond acceptors (Lipinski definition) is 4. The highest BCUT2D eigenvalue weighted by Gasteiger charge is 2.42. The van der Waals surface area contributed by atoms with Crippen molar-refractivity contribution in [2.24, 2.45) is 0 Å². The maximum atomic E-state index is 12.4. The second-order valence-corrected chi connectivity index (χ2v) is 8.18. The van der Waals surface area contributed by atoms with Crippen molar-refractivity contribution in [3.05, 3.63) is 0 Å². The van der Waals surface area contributed by atoms with Crippen LogP contribution in [0.1, 0.15) is 58.8 Å². The molecule has 2 heterocycles. The zero-order chi connectivity index (χ0) is 16.3. The fourth-order valence-electron chi connectivity index (χ4n) is 4.52. The third-order valence-electron chi connectivity index (χ3n) is 5.85. The van der Waals surface area contributed by atoms with Gasteiger partial charge in [-0.3, -0.25) is 9.69 Å². The van der Waals surface area contributed by atoms with E-state index in [9.17, 15) is 4.79 Å². The topological polar surface area (TPSA) is 53.6 Å². The molecule has 0 spiro atoms. The molecule has 1 amide bonds. The highest BCUT2D eigenvalue weighted by atomic mass is 35.5. The van der Waals surface area contributed by atoms with E-state index in [1.54, 1.807) is 0 Å². The van der Waals surface area contributed by atoms with Gasteiger partial charge in [-0.1, -0.05) is 19.3 Å².